The van der Waals surface area contributed by atoms with Crippen LogP contribution in [-0.2, 0) is 16.0 Å². The molecule has 3 heterocycles. The SMILES string of the molecule is O=C1Cc2ccccc2N1c1cc2c(cc1O)OCCO2.O=C1Nc2ccccc2C1=O. The first kappa shape index (κ1) is 19.6. The maximum atomic E-state index is 12.3. The van der Waals surface area contributed by atoms with Gasteiger partial charge in [-0.25, -0.2) is 0 Å². The lowest BCUT2D eigenvalue weighted by Gasteiger charge is -2.23. The zero-order valence-electron chi connectivity index (χ0n) is 16.8. The fourth-order valence-corrected chi connectivity index (χ4v) is 3.86. The smallest absolute Gasteiger partial charge is 0.296 e. The van der Waals surface area contributed by atoms with Crippen LogP contribution in [0.15, 0.2) is 60.7 Å². The molecule has 0 spiro atoms. The Morgan fingerprint density at radius 1 is 0.844 bits per heavy atom. The van der Waals surface area contributed by atoms with Crippen molar-refractivity contribution in [3.63, 3.8) is 0 Å². The normalized spacial score (nSPS) is 15.5. The third kappa shape index (κ3) is 3.31. The van der Waals surface area contributed by atoms with E-state index in [1.165, 1.54) is 11.0 Å². The van der Waals surface area contributed by atoms with Gasteiger partial charge < -0.3 is 19.9 Å². The number of benzene rings is 3. The van der Waals surface area contributed by atoms with E-state index in [0.717, 1.165) is 11.3 Å². The molecule has 0 radical (unpaired) electrons. The van der Waals surface area contributed by atoms with Crippen LogP contribution in [0.2, 0.25) is 0 Å². The van der Waals surface area contributed by atoms with E-state index in [0.29, 0.717) is 48.1 Å². The van der Waals surface area contributed by atoms with Crippen LogP contribution < -0.4 is 19.7 Å². The molecule has 0 aromatic heterocycles. The van der Waals surface area contributed by atoms with Crippen molar-refractivity contribution in [1.29, 1.82) is 0 Å². The minimum atomic E-state index is -0.536. The molecule has 8 heteroatoms. The van der Waals surface area contributed by atoms with E-state index in [4.69, 9.17) is 9.47 Å². The first-order chi connectivity index (χ1) is 15.5. The van der Waals surface area contributed by atoms with Gasteiger partial charge in [-0.1, -0.05) is 30.3 Å². The number of para-hydroxylation sites is 2. The van der Waals surface area contributed by atoms with Crippen LogP contribution in [0.3, 0.4) is 0 Å². The predicted octanol–water partition coefficient (Wildman–Crippen LogP) is 3.21. The number of phenols is 1. The first-order valence-corrected chi connectivity index (χ1v) is 10.0. The van der Waals surface area contributed by atoms with Crippen LogP contribution in [0.1, 0.15) is 15.9 Å². The zero-order valence-corrected chi connectivity index (χ0v) is 16.8. The second-order valence-corrected chi connectivity index (χ2v) is 7.35. The zero-order chi connectivity index (χ0) is 22.2. The summed E-state index contributed by atoms with van der Waals surface area (Å²) in [4.78, 5) is 35.6. The summed E-state index contributed by atoms with van der Waals surface area (Å²) in [5.41, 5.74) is 3.26. The molecule has 0 aliphatic carbocycles. The maximum Gasteiger partial charge on any atom is 0.296 e. The van der Waals surface area contributed by atoms with Crippen LogP contribution in [0.25, 0.3) is 0 Å². The Balaban J connectivity index is 0.000000165. The molecule has 3 aromatic carbocycles. The Hall–Kier alpha value is -4.33. The molecule has 0 bridgehead atoms. The lowest BCUT2D eigenvalue weighted by molar-refractivity contribution is -0.116. The Morgan fingerprint density at radius 3 is 2.31 bits per heavy atom. The molecule has 2 N–H and O–H groups in total. The lowest BCUT2D eigenvalue weighted by atomic mass is 10.1. The largest absolute Gasteiger partial charge is 0.506 e. The minimum Gasteiger partial charge on any atom is -0.506 e. The van der Waals surface area contributed by atoms with Crippen LogP contribution >= 0.6 is 0 Å². The quantitative estimate of drug-likeness (QED) is 0.575. The number of ether oxygens (including phenoxy) is 2. The number of aromatic hydroxyl groups is 1. The second kappa shape index (κ2) is 7.73. The molecule has 0 atom stereocenters. The van der Waals surface area contributed by atoms with Gasteiger partial charge in [0.2, 0.25) is 5.91 Å². The molecular formula is C24H18N2O6. The summed E-state index contributed by atoms with van der Waals surface area (Å²) in [6.45, 7) is 0.916. The second-order valence-electron chi connectivity index (χ2n) is 7.35. The third-order valence-corrected chi connectivity index (χ3v) is 5.33. The average molecular weight is 430 g/mol. The number of Topliss-reactive ketones (excluding diaryl/α,β-unsaturated/α-hetero) is 1. The molecule has 6 rings (SSSR count). The Labute approximate surface area is 183 Å². The molecule has 0 unspecified atom stereocenters. The summed E-state index contributed by atoms with van der Waals surface area (Å²) in [7, 11) is 0. The van der Waals surface area contributed by atoms with E-state index < -0.39 is 11.7 Å². The average Bonchev–Trinajstić information content (AvgIpc) is 3.29. The van der Waals surface area contributed by atoms with Crippen molar-refractivity contribution in [3.8, 4) is 17.2 Å². The Kier molecular flexibility index (Phi) is 4.74. The molecule has 8 nitrogen and oxygen atoms in total. The number of ketones is 1. The molecule has 2 amide bonds. The van der Waals surface area contributed by atoms with Crippen LogP contribution in [-0.4, -0.2) is 35.9 Å². The molecular weight excluding hydrogens is 412 g/mol. The maximum absolute atomic E-state index is 12.3. The first-order valence-electron chi connectivity index (χ1n) is 10.0. The van der Waals surface area contributed by atoms with Crippen molar-refractivity contribution in [1.82, 2.24) is 0 Å². The number of nitrogens with one attached hydrogen (secondary N) is 1. The van der Waals surface area contributed by atoms with Gasteiger partial charge in [-0.2, -0.15) is 0 Å². The highest BCUT2D eigenvalue weighted by molar-refractivity contribution is 6.51. The highest BCUT2D eigenvalue weighted by Gasteiger charge is 2.31. The van der Waals surface area contributed by atoms with Crippen molar-refractivity contribution >= 4 is 34.7 Å². The summed E-state index contributed by atoms with van der Waals surface area (Å²) in [5.74, 6) is 0.00735. The molecule has 0 saturated carbocycles. The van der Waals surface area contributed by atoms with Crippen LogP contribution in [0, 0.1) is 0 Å². The number of fused-ring (bicyclic) bond motifs is 3. The van der Waals surface area contributed by atoms with Gasteiger partial charge in [0.15, 0.2) is 11.5 Å². The topological polar surface area (TPSA) is 105 Å². The van der Waals surface area contributed by atoms with Crippen LogP contribution in [0.5, 0.6) is 17.2 Å². The standard InChI is InChI=1S/C16H13NO4.C8H5NO2/c18-13-9-15-14(20-5-6-21-15)8-12(13)17-11-4-2-1-3-10(11)7-16(17)19;10-7-5-3-1-2-4-6(5)9-8(7)11/h1-4,8-9,18H,5-7H2;1-4H,(H,9,10,11). The molecule has 3 aliphatic rings. The van der Waals surface area contributed by atoms with E-state index in [1.54, 1.807) is 30.3 Å². The van der Waals surface area contributed by atoms with Gasteiger partial charge in [0, 0.05) is 12.1 Å². The van der Waals surface area contributed by atoms with Crippen molar-refractivity contribution < 1.29 is 29.0 Å². The van der Waals surface area contributed by atoms with Gasteiger partial charge in [0.25, 0.3) is 11.7 Å². The highest BCUT2D eigenvalue weighted by Crippen LogP contribution is 2.45. The molecule has 3 aromatic rings. The molecule has 0 saturated heterocycles. The number of amides is 2. The van der Waals surface area contributed by atoms with Gasteiger partial charge in [-0.05, 0) is 23.8 Å². The minimum absolute atomic E-state index is 0.00398. The van der Waals surface area contributed by atoms with E-state index >= 15 is 0 Å². The predicted molar refractivity (Wildman–Crippen MR) is 116 cm³/mol. The van der Waals surface area contributed by atoms with Crippen LogP contribution in [0.4, 0.5) is 17.1 Å². The van der Waals surface area contributed by atoms with Gasteiger partial charge in [0.05, 0.1) is 29.0 Å². The Morgan fingerprint density at radius 2 is 1.53 bits per heavy atom. The van der Waals surface area contributed by atoms with Crippen molar-refractivity contribution in [2.45, 2.75) is 6.42 Å². The third-order valence-electron chi connectivity index (χ3n) is 5.33. The molecule has 0 fully saturated rings. The van der Waals surface area contributed by atoms with E-state index in [1.807, 2.05) is 24.3 Å². The number of hydrogen-bond acceptors (Lipinski definition) is 6. The summed E-state index contributed by atoms with van der Waals surface area (Å²) in [5, 5.41) is 12.7. The number of hydrogen-bond donors (Lipinski definition) is 2. The van der Waals surface area contributed by atoms with Gasteiger partial charge in [0.1, 0.15) is 19.0 Å². The lowest BCUT2D eigenvalue weighted by Crippen LogP contribution is -2.22. The number of nitrogens with zero attached hydrogens (tertiary/aromatic N) is 1. The number of carbonyl (C=O) groups excluding carboxylic acids is 3. The summed E-state index contributed by atoms with van der Waals surface area (Å²) < 4.78 is 11.0. The van der Waals surface area contributed by atoms with Crippen molar-refractivity contribution in [2.75, 3.05) is 23.4 Å². The number of phenolic OH excluding ortho intramolecular Hbond substituents is 1. The summed E-state index contributed by atoms with van der Waals surface area (Å²) >= 11 is 0. The van der Waals surface area contributed by atoms with E-state index in [2.05, 4.69) is 5.32 Å². The molecule has 32 heavy (non-hydrogen) atoms. The van der Waals surface area contributed by atoms with Crippen molar-refractivity contribution in [3.05, 3.63) is 71.8 Å². The summed E-state index contributed by atoms with van der Waals surface area (Å²) in [6, 6.07) is 17.6. The highest BCUT2D eigenvalue weighted by atomic mass is 16.6. The molecule has 160 valence electrons. The number of carbonyl (C=O) groups is 3. The van der Waals surface area contributed by atoms with Crippen molar-refractivity contribution in [2.24, 2.45) is 0 Å². The number of rotatable bonds is 1. The fourth-order valence-electron chi connectivity index (χ4n) is 3.86. The van der Waals surface area contributed by atoms with Gasteiger partial charge >= 0.3 is 0 Å². The Bertz CT molecular complexity index is 1270. The monoisotopic (exact) mass is 430 g/mol. The number of anilines is 3. The molecule has 3 aliphatic heterocycles. The fraction of sp³-hybridized carbons (Fsp3) is 0.125. The van der Waals surface area contributed by atoms with E-state index in [-0.39, 0.29) is 11.7 Å². The van der Waals surface area contributed by atoms with E-state index in [9.17, 15) is 19.5 Å². The summed E-state index contributed by atoms with van der Waals surface area (Å²) in [6.07, 6.45) is 0.337. The van der Waals surface area contributed by atoms with Gasteiger partial charge in [-0.3, -0.25) is 19.3 Å². The van der Waals surface area contributed by atoms with Gasteiger partial charge in [-0.15, -0.1) is 0 Å².